The molecule has 0 atom stereocenters. The van der Waals surface area contributed by atoms with Crippen LogP contribution in [-0.4, -0.2) is 34.6 Å². The van der Waals surface area contributed by atoms with Gasteiger partial charge in [-0.1, -0.05) is 26.8 Å². The number of aromatic amines is 1. The molecular formula is C18H18N10. The van der Waals surface area contributed by atoms with Crippen LogP contribution < -0.4 is 0 Å². The molecule has 4 aromatic heterocycles. The first kappa shape index (κ1) is 17.5. The Labute approximate surface area is 160 Å². The van der Waals surface area contributed by atoms with Gasteiger partial charge in [0.15, 0.2) is 23.0 Å². The summed E-state index contributed by atoms with van der Waals surface area (Å²) in [4.78, 5) is 7.43. The third kappa shape index (κ3) is 2.92. The fraction of sp³-hybridized carbons (Fsp3) is 0.278. The largest absolute Gasteiger partial charge is 0.324 e. The van der Waals surface area contributed by atoms with Crippen LogP contribution >= 0.6 is 0 Å². The van der Waals surface area contributed by atoms with E-state index in [2.05, 4.69) is 41.6 Å². The zero-order valence-corrected chi connectivity index (χ0v) is 15.9. The number of aromatic nitrogens is 7. The van der Waals surface area contributed by atoms with Gasteiger partial charge in [0.2, 0.25) is 0 Å². The number of nitrogens with one attached hydrogen (secondary N) is 1. The van der Waals surface area contributed by atoms with Gasteiger partial charge in [0.25, 0.3) is 0 Å². The first-order valence-corrected chi connectivity index (χ1v) is 8.66. The minimum Gasteiger partial charge on any atom is -0.324 e. The molecule has 0 spiro atoms. The van der Waals surface area contributed by atoms with Crippen LogP contribution in [0.3, 0.4) is 0 Å². The number of hydrogen-bond donors (Lipinski definition) is 1. The number of aryl methyl sites for hydroxylation is 1. The lowest BCUT2D eigenvalue weighted by atomic mass is 9.91. The zero-order valence-electron chi connectivity index (χ0n) is 15.9. The summed E-state index contributed by atoms with van der Waals surface area (Å²) in [5.74, 6) is 1.57. The molecule has 4 aromatic rings. The molecule has 28 heavy (non-hydrogen) atoms. The van der Waals surface area contributed by atoms with Gasteiger partial charge in [0.1, 0.15) is 17.5 Å². The smallest absolute Gasteiger partial charge is 0.197 e. The molecule has 0 aliphatic heterocycles. The highest BCUT2D eigenvalue weighted by Crippen LogP contribution is 2.35. The lowest BCUT2D eigenvalue weighted by Gasteiger charge is -2.15. The van der Waals surface area contributed by atoms with Crippen LogP contribution in [-0.2, 0) is 5.41 Å². The summed E-state index contributed by atoms with van der Waals surface area (Å²) in [5, 5.41) is 31.3. The number of fused-ring (bicyclic) bond motifs is 1. The van der Waals surface area contributed by atoms with Crippen LogP contribution in [0.25, 0.3) is 11.5 Å². The minimum absolute atomic E-state index is 0.268. The highest BCUT2D eigenvalue weighted by atomic mass is 15.5. The maximum Gasteiger partial charge on any atom is 0.197 e. The van der Waals surface area contributed by atoms with E-state index in [4.69, 9.17) is 0 Å². The van der Waals surface area contributed by atoms with Crippen molar-refractivity contribution in [2.75, 3.05) is 0 Å². The van der Waals surface area contributed by atoms with Gasteiger partial charge in [-0.05, 0) is 19.1 Å². The highest BCUT2D eigenvalue weighted by Gasteiger charge is 2.26. The third-order valence-electron chi connectivity index (χ3n) is 4.07. The van der Waals surface area contributed by atoms with E-state index >= 15 is 0 Å². The summed E-state index contributed by atoms with van der Waals surface area (Å²) in [6.45, 7) is 7.97. The molecule has 0 saturated heterocycles. The Morgan fingerprint density at radius 1 is 1.18 bits per heavy atom. The second-order valence-electron chi connectivity index (χ2n) is 7.29. The Morgan fingerprint density at radius 3 is 2.68 bits per heavy atom. The van der Waals surface area contributed by atoms with Crippen molar-refractivity contribution in [1.29, 1.82) is 5.26 Å². The molecule has 4 rings (SSSR count). The number of azo groups is 1. The quantitative estimate of drug-likeness (QED) is 0.549. The van der Waals surface area contributed by atoms with Crippen LogP contribution in [0.2, 0.25) is 0 Å². The molecule has 0 fully saturated rings. The monoisotopic (exact) mass is 374 g/mol. The highest BCUT2D eigenvalue weighted by molar-refractivity contribution is 5.68. The van der Waals surface area contributed by atoms with Crippen LogP contribution in [0.1, 0.15) is 37.9 Å². The predicted molar refractivity (Wildman–Crippen MR) is 101 cm³/mol. The Bertz CT molecular complexity index is 1210. The molecule has 140 valence electrons. The van der Waals surface area contributed by atoms with E-state index in [0.717, 1.165) is 11.5 Å². The zero-order chi connectivity index (χ0) is 19.9. The fourth-order valence-corrected chi connectivity index (χ4v) is 2.78. The van der Waals surface area contributed by atoms with Gasteiger partial charge in [-0.25, -0.2) is 4.98 Å². The average Bonchev–Trinajstić information content (AvgIpc) is 3.32. The Morgan fingerprint density at radius 2 is 2.00 bits per heavy atom. The normalized spacial score (nSPS) is 12.1. The molecular weight excluding hydrogens is 356 g/mol. The van der Waals surface area contributed by atoms with Gasteiger partial charge >= 0.3 is 0 Å². The van der Waals surface area contributed by atoms with Crippen LogP contribution in [0.5, 0.6) is 0 Å². The molecule has 0 aromatic carbocycles. The number of pyridine rings is 1. The Hall–Kier alpha value is -3.87. The third-order valence-corrected chi connectivity index (χ3v) is 4.07. The topological polar surface area (TPSA) is 125 Å². The molecule has 4 heterocycles. The molecule has 10 nitrogen and oxygen atoms in total. The van der Waals surface area contributed by atoms with Crippen molar-refractivity contribution in [3.8, 4) is 11.9 Å². The number of nitriles is 1. The van der Waals surface area contributed by atoms with Gasteiger partial charge < -0.3 is 4.98 Å². The first-order chi connectivity index (χ1) is 13.4. The van der Waals surface area contributed by atoms with Crippen molar-refractivity contribution in [2.24, 2.45) is 10.2 Å². The van der Waals surface area contributed by atoms with Crippen LogP contribution in [0, 0.1) is 18.3 Å². The van der Waals surface area contributed by atoms with Crippen molar-refractivity contribution >= 4 is 17.2 Å². The van der Waals surface area contributed by atoms with Crippen molar-refractivity contribution in [3.63, 3.8) is 0 Å². The van der Waals surface area contributed by atoms with E-state index in [1.54, 1.807) is 18.3 Å². The van der Waals surface area contributed by atoms with E-state index in [-0.39, 0.29) is 5.41 Å². The molecule has 10 heteroatoms. The van der Waals surface area contributed by atoms with E-state index in [1.165, 1.54) is 15.5 Å². The van der Waals surface area contributed by atoms with Gasteiger partial charge in [-0.3, -0.25) is 0 Å². The molecule has 0 aliphatic rings. The van der Waals surface area contributed by atoms with Crippen molar-refractivity contribution in [2.45, 2.75) is 33.1 Å². The van der Waals surface area contributed by atoms with Gasteiger partial charge in [-0.15, -0.1) is 20.0 Å². The SMILES string of the molecule is Cc1nn2nc(C(C)(C)C)c(/N=N/c3c(C#N)cnn3-c3ccccn3)c2[nH]1. The van der Waals surface area contributed by atoms with Gasteiger partial charge in [0.05, 0.1) is 11.9 Å². The maximum absolute atomic E-state index is 9.44. The summed E-state index contributed by atoms with van der Waals surface area (Å²) in [5.41, 5.74) is 2.00. The van der Waals surface area contributed by atoms with Crippen LogP contribution in [0.4, 0.5) is 11.5 Å². The molecule has 0 saturated carbocycles. The predicted octanol–water partition coefficient (Wildman–Crippen LogP) is 3.53. The standard InChI is InChI=1S/C18H18N10/c1-11-22-17-14(15(18(2,3)4)26-28(17)25-11)23-24-16-12(9-19)10-21-27(16)13-7-5-6-8-20-13/h5-8,10H,1-4H3,(H,22,25)/b24-23+. The number of nitrogens with zero attached hydrogens (tertiary/aromatic N) is 9. The maximum atomic E-state index is 9.44. The van der Waals surface area contributed by atoms with Crippen molar-refractivity contribution in [3.05, 3.63) is 47.7 Å². The molecule has 0 bridgehead atoms. The average molecular weight is 374 g/mol. The molecule has 0 radical (unpaired) electrons. The van der Waals surface area contributed by atoms with Crippen molar-refractivity contribution < 1.29 is 0 Å². The first-order valence-electron chi connectivity index (χ1n) is 8.66. The van der Waals surface area contributed by atoms with E-state index in [9.17, 15) is 5.26 Å². The van der Waals surface area contributed by atoms with Gasteiger partial charge in [-0.2, -0.15) is 20.1 Å². The summed E-state index contributed by atoms with van der Waals surface area (Å²) < 4.78 is 3.00. The van der Waals surface area contributed by atoms with Crippen molar-refractivity contribution in [1.82, 2.24) is 34.6 Å². The Balaban J connectivity index is 1.87. The fourth-order valence-electron chi connectivity index (χ4n) is 2.78. The lowest BCUT2D eigenvalue weighted by Crippen LogP contribution is -2.12. The second-order valence-corrected chi connectivity index (χ2v) is 7.29. The van der Waals surface area contributed by atoms with E-state index < -0.39 is 0 Å². The van der Waals surface area contributed by atoms with Crippen LogP contribution in [0.15, 0.2) is 40.8 Å². The van der Waals surface area contributed by atoms with E-state index in [1.807, 2.05) is 33.8 Å². The summed E-state index contributed by atoms with van der Waals surface area (Å²) in [7, 11) is 0. The second kappa shape index (κ2) is 6.38. The number of H-pyrrole nitrogens is 1. The lowest BCUT2D eigenvalue weighted by molar-refractivity contribution is 0.557. The molecule has 0 aliphatic carbocycles. The van der Waals surface area contributed by atoms with E-state index in [0.29, 0.717) is 28.5 Å². The minimum atomic E-state index is -0.268. The summed E-state index contributed by atoms with van der Waals surface area (Å²) in [6.07, 6.45) is 3.10. The molecule has 0 amide bonds. The van der Waals surface area contributed by atoms with Gasteiger partial charge in [0, 0.05) is 11.6 Å². The summed E-state index contributed by atoms with van der Waals surface area (Å²) >= 11 is 0. The Kier molecular flexibility index (Phi) is 4.00. The molecule has 1 N–H and O–H groups in total. The molecule has 0 unspecified atom stereocenters. The number of rotatable bonds is 3. The number of hydrogen-bond acceptors (Lipinski definition) is 7. The summed E-state index contributed by atoms with van der Waals surface area (Å²) in [6, 6.07) is 7.52.